The van der Waals surface area contributed by atoms with Gasteiger partial charge in [-0.3, -0.25) is 14.7 Å². The zero-order valence-corrected chi connectivity index (χ0v) is 18.9. The highest BCUT2D eigenvalue weighted by Gasteiger charge is 2.16. The number of carbonyl (C=O) groups excluding carboxylic acids is 1. The Labute approximate surface area is 200 Å². The number of carbonyl (C=O) groups is 1. The molecule has 0 saturated heterocycles. The molecule has 2 N–H and O–H groups in total. The quantitative estimate of drug-likeness (QED) is 0.210. The Morgan fingerprint density at radius 2 is 1.47 bits per heavy atom. The molecule has 0 aliphatic rings. The van der Waals surface area contributed by atoms with Crippen LogP contribution in [0.1, 0.15) is 17.0 Å². The van der Waals surface area contributed by atoms with E-state index in [1.54, 1.807) is 16.7 Å². The molecule has 2 amide bonds. The Morgan fingerprint density at radius 3 is 2.12 bits per heavy atom. The highest BCUT2D eigenvalue weighted by atomic mass is 32.2. The van der Waals surface area contributed by atoms with Gasteiger partial charge in [-0.05, 0) is 23.3 Å². The first-order valence-electron chi connectivity index (χ1n) is 10.5. The van der Waals surface area contributed by atoms with Gasteiger partial charge in [0.25, 0.3) is 5.69 Å². The van der Waals surface area contributed by atoms with E-state index in [1.807, 2.05) is 60.7 Å². The van der Waals surface area contributed by atoms with Gasteiger partial charge in [0.05, 0.1) is 11.5 Å². The van der Waals surface area contributed by atoms with Gasteiger partial charge in [0.2, 0.25) is 0 Å². The number of hydrogen-bond acceptors (Lipinski definition) is 6. The first kappa shape index (κ1) is 23.0. The van der Waals surface area contributed by atoms with Crippen molar-refractivity contribution in [2.75, 3.05) is 0 Å². The maximum absolute atomic E-state index is 12.3. The van der Waals surface area contributed by atoms with Crippen LogP contribution in [0.25, 0.3) is 5.69 Å². The highest BCUT2D eigenvalue weighted by Crippen LogP contribution is 2.26. The fourth-order valence-corrected chi connectivity index (χ4v) is 4.14. The lowest BCUT2D eigenvalue weighted by Crippen LogP contribution is -2.35. The van der Waals surface area contributed by atoms with E-state index in [9.17, 15) is 14.9 Å². The number of benzene rings is 3. The summed E-state index contributed by atoms with van der Waals surface area (Å²) in [5.41, 5.74) is 2.79. The zero-order chi connectivity index (χ0) is 23.8. The standard InChI is InChI=1S/C24H22N6O3S/c31-23(25-15-18-7-3-1-4-8-18)26-16-22-27-28-24(34-17-19-9-5-2-6-10-19)29(22)20-11-13-21(14-12-20)30(32)33/h1-14H,15-17H2,(H2,25,26,31). The number of aromatic nitrogens is 3. The molecule has 0 bridgehead atoms. The smallest absolute Gasteiger partial charge is 0.315 e. The summed E-state index contributed by atoms with van der Waals surface area (Å²) >= 11 is 1.50. The molecule has 1 aromatic heterocycles. The van der Waals surface area contributed by atoms with E-state index >= 15 is 0 Å². The van der Waals surface area contributed by atoms with Gasteiger partial charge in [-0.2, -0.15) is 0 Å². The van der Waals surface area contributed by atoms with Crippen molar-refractivity contribution in [3.05, 3.63) is 112 Å². The number of amides is 2. The summed E-state index contributed by atoms with van der Waals surface area (Å²) in [4.78, 5) is 22.9. The van der Waals surface area contributed by atoms with Gasteiger partial charge in [-0.15, -0.1) is 10.2 Å². The van der Waals surface area contributed by atoms with E-state index in [0.29, 0.717) is 29.0 Å². The van der Waals surface area contributed by atoms with E-state index in [-0.39, 0.29) is 18.3 Å². The molecule has 0 aliphatic heterocycles. The molecular weight excluding hydrogens is 452 g/mol. The van der Waals surface area contributed by atoms with Crippen molar-refractivity contribution in [3.8, 4) is 5.69 Å². The zero-order valence-electron chi connectivity index (χ0n) is 18.1. The normalized spacial score (nSPS) is 10.6. The molecule has 10 heteroatoms. The van der Waals surface area contributed by atoms with Gasteiger partial charge in [-0.25, -0.2) is 4.79 Å². The van der Waals surface area contributed by atoms with Crippen LogP contribution in [0.2, 0.25) is 0 Å². The molecule has 0 atom stereocenters. The molecule has 0 unspecified atom stereocenters. The molecule has 4 rings (SSSR count). The van der Waals surface area contributed by atoms with E-state index in [4.69, 9.17) is 0 Å². The molecule has 0 fully saturated rings. The SMILES string of the molecule is O=C(NCc1ccccc1)NCc1nnc(SCc2ccccc2)n1-c1ccc([N+](=O)[O-])cc1. The number of hydrogen-bond donors (Lipinski definition) is 2. The molecule has 1 heterocycles. The van der Waals surface area contributed by atoms with Crippen molar-refractivity contribution < 1.29 is 9.72 Å². The molecule has 3 aromatic carbocycles. The minimum Gasteiger partial charge on any atom is -0.334 e. The number of nitro groups is 1. The Bertz CT molecular complexity index is 1250. The van der Waals surface area contributed by atoms with Gasteiger partial charge in [-0.1, -0.05) is 72.4 Å². The topological polar surface area (TPSA) is 115 Å². The van der Waals surface area contributed by atoms with Crippen LogP contribution < -0.4 is 10.6 Å². The van der Waals surface area contributed by atoms with Crippen molar-refractivity contribution in [1.82, 2.24) is 25.4 Å². The third-order valence-electron chi connectivity index (χ3n) is 4.93. The first-order chi connectivity index (χ1) is 16.6. The van der Waals surface area contributed by atoms with Crippen molar-refractivity contribution in [2.45, 2.75) is 24.0 Å². The van der Waals surface area contributed by atoms with Crippen molar-refractivity contribution in [3.63, 3.8) is 0 Å². The summed E-state index contributed by atoms with van der Waals surface area (Å²) in [6.45, 7) is 0.538. The second kappa shape index (κ2) is 11.1. The molecule has 0 radical (unpaired) electrons. The van der Waals surface area contributed by atoms with Gasteiger partial charge in [0, 0.05) is 30.1 Å². The lowest BCUT2D eigenvalue weighted by molar-refractivity contribution is -0.384. The van der Waals surface area contributed by atoms with Gasteiger partial charge < -0.3 is 10.6 Å². The Kier molecular flexibility index (Phi) is 7.51. The Hall–Kier alpha value is -4.18. The maximum Gasteiger partial charge on any atom is 0.315 e. The highest BCUT2D eigenvalue weighted by molar-refractivity contribution is 7.98. The monoisotopic (exact) mass is 474 g/mol. The predicted molar refractivity (Wildman–Crippen MR) is 130 cm³/mol. The number of rotatable bonds is 9. The number of nitrogens with zero attached hydrogens (tertiary/aromatic N) is 4. The summed E-state index contributed by atoms with van der Waals surface area (Å²) in [5.74, 6) is 1.19. The number of nitrogens with one attached hydrogen (secondary N) is 2. The minimum absolute atomic E-state index is 0.00437. The van der Waals surface area contributed by atoms with Crippen molar-refractivity contribution in [2.24, 2.45) is 0 Å². The van der Waals surface area contributed by atoms with E-state index in [1.165, 1.54) is 23.9 Å². The van der Waals surface area contributed by atoms with Crippen LogP contribution in [-0.4, -0.2) is 25.7 Å². The second-order valence-corrected chi connectivity index (χ2v) is 8.25. The van der Waals surface area contributed by atoms with Crippen LogP contribution in [0.4, 0.5) is 10.5 Å². The summed E-state index contributed by atoms with van der Waals surface area (Å²) in [7, 11) is 0. The fraction of sp³-hybridized carbons (Fsp3) is 0.125. The summed E-state index contributed by atoms with van der Waals surface area (Å²) in [5, 5.41) is 25.9. The number of urea groups is 1. The van der Waals surface area contributed by atoms with Crippen LogP contribution in [-0.2, 0) is 18.8 Å². The predicted octanol–water partition coefficient (Wildman–Crippen LogP) is 4.47. The summed E-state index contributed by atoms with van der Waals surface area (Å²) in [6.07, 6.45) is 0. The molecule has 0 aliphatic carbocycles. The molecule has 0 spiro atoms. The van der Waals surface area contributed by atoms with Gasteiger partial charge in [0.1, 0.15) is 0 Å². The van der Waals surface area contributed by atoms with Crippen LogP contribution in [0, 0.1) is 10.1 Å². The average molecular weight is 475 g/mol. The Balaban J connectivity index is 1.49. The average Bonchev–Trinajstić information content (AvgIpc) is 3.29. The fourth-order valence-electron chi connectivity index (χ4n) is 3.21. The van der Waals surface area contributed by atoms with E-state index in [2.05, 4.69) is 20.8 Å². The van der Waals surface area contributed by atoms with Crippen molar-refractivity contribution in [1.29, 1.82) is 0 Å². The van der Waals surface area contributed by atoms with E-state index < -0.39 is 4.92 Å². The lowest BCUT2D eigenvalue weighted by atomic mass is 10.2. The second-order valence-electron chi connectivity index (χ2n) is 7.30. The Morgan fingerprint density at radius 1 is 0.853 bits per heavy atom. The van der Waals surface area contributed by atoms with Crippen LogP contribution in [0.15, 0.2) is 90.1 Å². The summed E-state index contributed by atoms with van der Waals surface area (Å²) in [6, 6.07) is 25.4. The number of thioether (sulfide) groups is 1. The number of nitro benzene ring substituents is 1. The molecule has 34 heavy (non-hydrogen) atoms. The third kappa shape index (κ3) is 5.99. The molecule has 172 valence electrons. The minimum atomic E-state index is -0.444. The van der Waals surface area contributed by atoms with Gasteiger partial charge in [0.15, 0.2) is 11.0 Å². The van der Waals surface area contributed by atoms with Crippen LogP contribution >= 0.6 is 11.8 Å². The van der Waals surface area contributed by atoms with Crippen molar-refractivity contribution >= 4 is 23.5 Å². The third-order valence-corrected chi connectivity index (χ3v) is 5.93. The lowest BCUT2D eigenvalue weighted by Gasteiger charge is -2.11. The number of non-ortho nitro benzene ring substituents is 1. The summed E-state index contributed by atoms with van der Waals surface area (Å²) < 4.78 is 1.80. The first-order valence-corrected chi connectivity index (χ1v) is 11.5. The van der Waals surface area contributed by atoms with Crippen LogP contribution in [0.5, 0.6) is 0 Å². The molecular formula is C24H22N6O3S. The molecule has 0 saturated carbocycles. The van der Waals surface area contributed by atoms with Gasteiger partial charge >= 0.3 is 6.03 Å². The molecule has 4 aromatic rings. The largest absolute Gasteiger partial charge is 0.334 e. The maximum atomic E-state index is 12.3. The van der Waals surface area contributed by atoms with E-state index in [0.717, 1.165) is 11.1 Å². The molecule has 9 nitrogen and oxygen atoms in total. The van der Waals surface area contributed by atoms with Crippen LogP contribution in [0.3, 0.4) is 0 Å².